The highest BCUT2D eigenvalue weighted by atomic mass is 79.9. The molecule has 1 aromatic heterocycles. The van der Waals surface area contributed by atoms with Gasteiger partial charge in [0.25, 0.3) is 0 Å². The number of benzene rings is 1. The second kappa shape index (κ2) is 12.3. The summed E-state index contributed by atoms with van der Waals surface area (Å²) in [6, 6.07) is 4.95. The van der Waals surface area contributed by atoms with Crippen molar-refractivity contribution < 1.29 is 13.5 Å². The van der Waals surface area contributed by atoms with Gasteiger partial charge in [0.15, 0.2) is 0 Å². The van der Waals surface area contributed by atoms with E-state index in [0.717, 1.165) is 25.7 Å². The molecule has 4 N–H and O–H groups in total. The van der Waals surface area contributed by atoms with Crippen LogP contribution in [0.3, 0.4) is 0 Å². The Morgan fingerprint density at radius 2 is 1.94 bits per heavy atom. The van der Waals surface area contributed by atoms with Crippen LogP contribution in [0.4, 0.5) is 17.5 Å². The van der Waals surface area contributed by atoms with Gasteiger partial charge >= 0.3 is 0 Å². The number of nitrogens with zero attached hydrogens (tertiary/aromatic N) is 2. The average molecular weight is 514 g/mol. The van der Waals surface area contributed by atoms with Crippen molar-refractivity contribution in [2.75, 3.05) is 23.8 Å². The molecule has 1 atom stereocenters. The minimum atomic E-state index is -3.61. The Balaban J connectivity index is 2.11. The van der Waals surface area contributed by atoms with E-state index in [-0.39, 0.29) is 17.5 Å². The van der Waals surface area contributed by atoms with Crippen molar-refractivity contribution in [3.63, 3.8) is 0 Å². The van der Waals surface area contributed by atoms with Gasteiger partial charge in [-0.05, 0) is 53.9 Å². The summed E-state index contributed by atoms with van der Waals surface area (Å²) in [6.07, 6.45) is 6.89. The highest BCUT2D eigenvalue weighted by Crippen LogP contribution is 2.25. The van der Waals surface area contributed by atoms with Crippen molar-refractivity contribution in [2.45, 2.75) is 63.8 Å². The first-order chi connectivity index (χ1) is 14.8. The number of hydrogen-bond donors (Lipinski definition) is 4. The number of unbranched alkanes of at least 4 members (excludes halogenated alkanes) is 4. The van der Waals surface area contributed by atoms with Crippen LogP contribution in [0, 0.1) is 6.92 Å². The summed E-state index contributed by atoms with van der Waals surface area (Å²) in [5.41, 5.74) is 1.23. The molecule has 0 aliphatic heterocycles. The minimum Gasteiger partial charge on any atom is -0.394 e. The van der Waals surface area contributed by atoms with Crippen LogP contribution in [0.5, 0.6) is 0 Å². The van der Waals surface area contributed by atoms with Gasteiger partial charge in [-0.3, -0.25) is 0 Å². The zero-order valence-electron chi connectivity index (χ0n) is 18.3. The third-order valence-corrected chi connectivity index (χ3v) is 6.89. The SMILES string of the molecule is CCCCCCCNS(=O)(=O)c1cc(Nc2ncc(Br)c(N[C@H](C)CO)n2)ccc1C. The summed E-state index contributed by atoms with van der Waals surface area (Å²) in [4.78, 5) is 8.86. The summed E-state index contributed by atoms with van der Waals surface area (Å²) in [5, 5.41) is 15.4. The number of halogens is 1. The molecule has 0 saturated carbocycles. The maximum Gasteiger partial charge on any atom is 0.240 e. The van der Waals surface area contributed by atoms with Crippen molar-refractivity contribution in [1.29, 1.82) is 0 Å². The van der Waals surface area contributed by atoms with Crippen LogP contribution >= 0.6 is 15.9 Å². The summed E-state index contributed by atoms with van der Waals surface area (Å²) >= 11 is 3.38. The molecule has 10 heteroatoms. The Kier molecular flexibility index (Phi) is 10.1. The monoisotopic (exact) mass is 513 g/mol. The number of anilines is 3. The molecule has 1 heterocycles. The number of sulfonamides is 1. The van der Waals surface area contributed by atoms with Crippen molar-refractivity contribution in [2.24, 2.45) is 0 Å². The molecule has 0 unspecified atom stereocenters. The fraction of sp³-hybridized carbons (Fsp3) is 0.524. The zero-order chi connectivity index (χ0) is 22.9. The molecule has 0 saturated heterocycles. The maximum absolute atomic E-state index is 12.8. The quantitative estimate of drug-likeness (QED) is 0.294. The summed E-state index contributed by atoms with van der Waals surface area (Å²) in [5.74, 6) is 0.843. The molecule has 2 rings (SSSR count). The third-order valence-electron chi connectivity index (χ3n) is 4.71. The van der Waals surface area contributed by atoms with Crippen molar-refractivity contribution >= 4 is 43.4 Å². The predicted molar refractivity (Wildman–Crippen MR) is 128 cm³/mol. The van der Waals surface area contributed by atoms with Gasteiger partial charge in [-0.1, -0.05) is 38.7 Å². The number of nitrogens with one attached hydrogen (secondary N) is 3. The lowest BCUT2D eigenvalue weighted by atomic mass is 10.2. The first-order valence-electron chi connectivity index (χ1n) is 10.5. The van der Waals surface area contributed by atoms with E-state index in [9.17, 15) is 13.5 Å². The van der Waals surface area contributed by atoms with Gasteiger partial charge in [0.2, 0.25) is 16.0 Å². The van der Waals surface area contributed by atoms with E-state index in [1.165, 1.54) is 6.42 Å². The number of hydrogen-bond acceptors (Lipinski definition) is 7. The highest BCUT2D eigenvalue weighted by Gasteiger charge is 2.17. The first kappa shape index (κ1) is 25.5. The van der Waals surface area contributed by atoms with Gasteiger partial charge in [-0.2, -0.15) is 4.98 Å². The molecule has 31 heavy (non-hydrogen) atoms. The minimum absolute atomic E-state index is 0.0377. The Morgan fingerprint density at radius 3 is 2.65 bits per heavy atom. The number of aliphatic hydroxyl groups excluding tert-OH is 1. The lowest BCUT2D eigenvalue weighted by Gasteiger charge is -2.15. The number of aromatic nitrogens is 2. The van der Waals surface area contributed by atoms with Crippen LogP contribution in [-0.2, 0) is 10.0 Å². The van der Waals surface area contributed by atoms with Crippen molar-refractivity contribution in [3.05, 3.63) is 34.4 Å². The van der Waals surface area contributed by atoms with Crippen LogP contribution in [0.15, 0.2) is 33.8 Å². The van der Waals surface area contributed by atoms with Crippen molar-refractivity contribution in [3.8, 4) is 0 Å². The molecule has 0 amide bonds. The van der Waals surface area contributed by atoms with E-state index in [1.807, 2.05) is 6.92 Å². The van der Waals surface area contributed by atoms with E-state index < -0.39 is 10.0 Å². The molecule has 8 nitrogen and oxygen atoms in total. The van der Waals surface area contributed by atoms with Gasteiger partial charge in [0.05, 0.1) is 16.0 Å². The largest absolute Gasteiger partial charge is 0.394 e. The van der Waals surface area contributed by atoms with Crippen molar-refractivity contribution in [1.82, 2.24) is 14.7 Å². The van der Waals surface area contributed by atoms with Gasteiger partial charge in [0.1, 0.15) is 5.82 Å². The topological polar surface area (TPSA) is 116 Å². The zero-order valence-corrected chi connectivity index (χ0v) is 20.7. The van der Waals surface area contributed by atoms with Crippen LogP contribution < -0.4 is 15.4 Å². The molecule has 0 aliphatic carbocycles. The van der Waals surface area contributed by atoms with Gasteiger partial charge < -0.3 is 15.7 Å². The number of aryl methyl sites for hydroxylation is 1. The van der Waals surface area contributed by atoms with E-state index in [2.05, 4.69) is 48.2 Å². The molecular formula is C21H32BrN5O3S. The highest BCUT2D eigenvalue weighted by molar-refractivity contribution is 9.10. The Hall–Kier alpha value is -1.75. The number of rotatable bonds is 13. The Bertz CT molecular complexity index is 956. The van der Waals surface area contributed by atoms with E-state index in [4.69, 9.17) is 0 Å². The standard InChI is InChI=1S/C21H32BrN5O3S/c1-4-5-6-7-8-11-24-31(29,30)19-12-17(10-9-15(19)2)26-21-23-13-18(22)20(27-21)25-16(3)14-28/h9-10,12-13,16,24,28H,4-8,11,14H2,1-3H3,(H2,23,25,26,27)/t16-/m1/s1. The molecule has 0 radical (unpaired) electrons. The van der Waals surface area contributed by atoms with Gasteiger partial charge in [-0.25, -0.2) is 18.1 Å². The van der Waals surface area contributed by atoms with Crippen LogP contribution in [-0.4, -0.2) is 42.7 Å². The fourth-order valence-corrected chi connectivity index (χ4v) is 4.57. The molecule has 0 spiro atoms. The van der Waals surface area contributed by atoms with Gasteiger partial charge in [-0.15, -0.1) is 0 Å². The molecule has 0 fully saturated rings. The van der Waals surface area contributed by atoms with Crippen LogP contribution in [0.25, 0.3) is 0 Å². The Morgan fingerprint density at radius 1 is 1.19 bits per heavy atom. The van der Waals surface area contributed by atoms with Crippen LogP contribution in [0.1, 0.15) is 51.5 Å². The summed E-state index contributed by atoms with van der Waals surface area (Å²) in [6.45, 7) is 6.14. The molecule has 172 valence electrons. The summed E-state index contributed by atoms with van der Waals surface area (Å²) in [7, 11) is -3.61. The van der Waals surface area contributed by atoms with Gasteiger partial charge in [0, 0.05) is 24.5 Å². The molecule has 0 aliphatic rings. The average Bonchev–Trinajstić information content (AvgIpc) is 2.74. The molecule has 0 bridgehead atoms. The third kappa shape index (κ3) is 8.03. The number of aliphatic hydroxyl groups is 1. The molecular weight excluding hydrogens is 482 g/mol. The first-order valence-corrected chi connectivity index (χ1v) is 12.8. The Labute approximate surface area is 193 Å². The van der Waals surface area contributed by atoms with E-state index in [1.54, 1.807) is 31.3 Å². The second-order valence-corrected chi connectivity index (χ2v) is 10.1. The molecule has 1 aromatic carbocycles. The lowest BCUT2D eigenvalue weighted by Crippen LogP contribution is -2.25. The second-order valence-electron chi connectivity index (χ2n) is 7.54. The molecule has 2 aromatic rings. The fourth-order valence-electron chi connectivity index (χ4n) is 2.92. The summed E-state index contributed by atoms with van der Waals surface area (Å²) < 4.78 is 28.9. The van der Waals surface area contributed by atoms with E-state index in [0.29, 0.717) is 34.0 Å². The normalized spacial score (nSPS) is 12.5. The predicted octanol–water partition coefficient (Wildman–Crippen LogP) is 4.33. The maximum atomic E-state index is 12.8. The van der Waals surface area contributed by atoms with Crippen LogP contribution in [0.2, 0.25) is 0 Å². The smallest absolute Gasteiger partial charge is 0.240 e. The van der Waals surface area contributed by atoms with E-state index >= 15 is 0 Å². The lowest BCUT2D eigenvalue weighted by molar-refractivity contribution is 0.281.